The number of nitrogens with zero attached hydrogens (tertiary/aromatic N) is 1. The first-order chi connectivity index (χ1) is 6.91. The van der Waals surface area contributed by atoms with E-state index in [1.807, 2.05) is 0 Å². The number of methoxy groups -OCH3 is 1. The van der Waals surface area contributed by atoms with Crippen LogP contribution in [0.1, 0.15) is 19.3 Å². The molecule has 4 nitrogen and oxygen atoms in total. The third-order valence-electron chi connectivity index (χ3n) is 1.59. The van der Waals surface area contributed by atoms with Crippen molar-refractivity contribution in [3.05, 3.63) is 0 Å². The molecule has 82 valence electrons. The molecule has 0 aromatic heterocycles. The third kappa shape index (κ3) is 11.4. The predicted molar refractivity (Wildman–Crippen MR) is 53.0 cm³/mol. The van der Waals surface area contributed by atoms with Crippen molar-refractivity contribution in [2.45, 2.75) is 19.3 Å². The summed E-state index contributed by atoms with van der Waals surface area (Å²) in [6.45, 7) is 3.34. The minimum absolute atomic E-state index is 0.564. The van der Waals surface area contributed by atoms with Gasteiger partial charge in [0.1, 0.15) is 0 Å². The van der Waals surface area contributed by atoms with Crippen LogP contribution in [0.3, 0.4) is 0 Å². The Morgan fingerprint density at radius 1 is 0.929 bits per heavy atom. The van der Waals surface area contributed by atoms with Gasteiger partial charge in [0.15, 0.2) is 0 Å². The number of unbranched alkanes of at least 4 members (excludes halogenated alkanes) is 1. The summed E-state index contributed by atoms with van der Waals surface area (Å²) in [5.74, 6) is 0. The van der Waals surface area contributed by atoms with E-state index in [4.69, 9.17) is 19.5 Å². The lowest BCUT2D eigenvalue weighted by Gasteiger charge is -2.04. The van der Waals surface area contributed by atoms with Crippen LogP contribution in [-0.4, -0.2) is 40.1 Å². The molecule has 0 spiro atoms. The number of hydrogen-bond acceptors (Lipinski definition) is 4. The van der Waals surface area contributed by atoms with Crippen molar-refractivity contribution in [1.29, 1.82) is 5.26 Å². The molecule has 0 saturated heterocycles. The summed E-state index contributed by atoms with van der Waals surface area (Å²) < 4.78 is 15.4. The highest BCUT2D eigenvalue weighted by atomic mass is 16.5. The maximum absolute atomic E-state index is 8.25. The molecule has 4 heteroatoms. The van der Waals surface area contributed by atoms with Gasteiger partial charge < -0.3 is 14.2 Å². The van der Waals surface area contributed by atoms with E-state index in [1.54, 1.807) is 7.11 Å². The first kappa shape index (κ1) is 13.4. The molecule has 0 fully saturated rings. The van der Waals surface area contributed by atoms with Crippen LogP contribution >= 0.6 is 0 Å². The van der Waals surface area contributed by atoms with E-state index in [0.717, 1.165) is 26.1 Å². The second-order valence-corrected chi connectivity index (χ2v) is 2.83. The fourth-order valence-corrected chi connectivity index (χ4v) is 0.881. The zero-order valence-corrected chi connectivity index (χ0v) is 8.83. The molecule has 0 aliphatic rings. The van der Waals surface area contributed by atoms with Crippen molar-refractivity contribution in [3.63, 3.8) is 0 Å². The summed E-state index contributed by atoms with van der Waals surface area (Å²) >= 11 is 0. The minimum atomic E-state index is 0.564. The number of rotatable bonds is 10. The van der Waals surface area contributed by atoms with Gasteiger partial charge in [0.2, 0.25) is 0 Å². The second kappa shape index (κ2) is 12.4. The van der Waals surface area contributed by atoms with Crippen molar-refractivity contribution in [2.24, 2.45) is 0 Å². The van der Waals surface area contributed by atoms with E-state index < -0.39 is 0 Å². The molecular formula is C10H19NO3. The van der Waals surface area contributed by atoms with E-state index in [9.17, 15) is 0 Å². The SMILES string of the molecule is COCCCOCCOCCCC#N. The fourth-order valence-electron chi connectivity index (χ4n) is 0.881. The molecule has 0 aliphatic carbocycles. The fraction of sp³-hybridized carbons (Fsp3) is 0.900. The van der Waals surface area contributed by atoms with Crippen molar-refractivity contribution >= 4 is 0 Å². The van der Waals surface area contributed by atoms with Crippen LogP contribution in [0.15, 0.2) is 0 Å². The van der Waals surface area contributed by atoms with Gasteiger partial charge in [0, 0.05) is 33.4 Å². The summed E-state index contributed by atoms with van der Waals surface area (Å²) in [5, 5.41) is 8.25. The average molecular weight is 201 g/mol. The van der Waals surface area contributed by atoms with Crippen LogP contribution in [-0.2, 0) is 14.2 Å². The summed E-state index contributed by atoms with van der Waals surface area (Å²) in [5.41, 5.74) is 0. The van der Waals surface area contributed by atoms with E-state index in [-0.39, 0.29) is 0 Å². The van der Waals surface area contributed by atoms with Crippen molar-refractivity contribution < 1.29 is 14.2 Å². The smallest absolute Gasteiger partial charge is 0.0700 e. The molecule has 0 saturated carbocycles. The first-order valence-electron chi connectivity index (χ1n) is 4.93. The molecule has 0 aromatic carbocycles. The maximum atomic E-state index is 8.25. The van der Waals surface area contributed by atoms with Crippen LogP contribution in [0.2, 0.25) is 0 Å². The quantitative estimate of drug-likeness (QED) is 0.501. The van der Waals surface area contributed by atoms with Gasteiger partial charge in [-0.05, 0) is 12.8 Å². The molecule has 0 aliphatic heterocycles. The molecule has 0 heterocycles. The normalized spacial score (nSPS) is 10.0. The highest BCUT2D eigenvalue weighted by molar-refractivity contribution is 4.67. The summed E-state index contributed by atoms with van der Waals surface area (Å²) in [4.78, 5) is 0. The van der Waals surface area contributed by atoms with Gasteiger partial charge >= 0.3 is 0 Å². The molecule has 0 aromatic rings. The molecule has 0 rings (SSSR count). The Balaban J connectivity index is 2.82. The van der Waals surface area contributed by atoms with E-state index in [1.165, 1.54) is 0 Å². The minimum Gasteiger partial charge on any atom is -0.385 e. The van der Waals surface area contributed by atoms with E-state index >= 15 is 0 Å². The predicted octanol–water partition coefficient (Wildman–Crippen LogP) is 1.36. The molecule has 0 atom stereocenters. The molecule has 0 amide bonds. The van der Waals surface area contributed by atoms with Gasteiger partial charge in [-0.15, -0.1) is 0 Å². The molecular weight excluding hydrogens is 182 g/mol. The Morgan fingerprint density at radius 3 is 2.14 bits per heavy atom. The summed E-state index contributed by atoms with van der Waals surface area (Å²) in [6.07, 6.45) is 2.29. The van der Waals surface area contributed by atoms with Crippen LogP contribution in [0.5, 0.6) is 0 Å². The standard InChI is InChI=1S/C10H19NO3/c1-12-6-4-8-14-10-9-13-7-3-2-5-11/h2-4,6-10H2,1H3. The van der Waals surface area contributed by atoms with E-state index in [2.05, 4.69) is 6.07 Å². The molecule has 0 unspecified atom stereocenters. The van der Waals surface area contributed by atoms with E-state index in [0.29, 0.717) is 26.2 Å². The molecule has 0 N–H and O–H groups in total. The monoisotopic (exact) mass is 201 g/mol. The van der Waals surface area contributed by atoms with Gasteiger partial charge in [-0.1, -0.05) is 0 Å². The van der Waals surface area contributed by atoms with Crippen LogP contribution in [0, 0.1) is 11.3 Å². The number of nitriles is 1. The van der Waals surface area contributed by atoms with Crippen molar-refractivity contribution in [3.8, 4) is 6.07 Å². The van der Waals surface area contributed by atoms with Crippen LogP contribution < -0.4 is 0 Å². The average Bonchev–Trinajstić information content (AvgIpc) is 2.21. The Labute approximate surface area is 85.8 Å². The highest BCUT2D eigenvalue weighted by Gasteiger charge is 1.90. The Kier molecular flexibility index (Phi) is 11.8. The molecule has 14 heavy (non-hydrogen) atoms. The van der Waals surface area contributed by atoms with Gasteiger partial charge in [-0.2, -0.15) is 5.26 Å². The van der Waals surface area contributed by atoms with Gasteiger partial charge in [0.05, 0.1) is 19.3 Å². The van der Waals surface area contributed by atoms with Crippen molar-refractivity contribution in [2.75, 3.05) is 40.1 Å². The van der Waals surface area contributed by atoms with Crippen LogP contribution in [0.4, 0.5) is 0 Å². The highest BCUT2D eigenvalue weighted by Crippen LogP contribution is 1.88. The lowest BCUT2D eigenvalue weighted by atomic mass is 10.3. The Morgan fingerprint density at radius 2 is 1.57 bits per heavy atom. The van der Waals surface area contributed by atoms with Gasteiger partial charge in [-0.3, -0.25) is 0 Å². The zero-order chi connectivity index (χ0) is 10.5. The van der Waals surface area contributed by atoms with Crippen molar-refractivity contribution in [1.82, 2.24) is 0 Å². The Hall–Kier alpha value is -0.630. The van der Waals surface area contributed by atoms with Crippen LogP contribution in [0.25, 0.3) is 0 Å². The molecule has 0 radical (unpaired) electrons. The van der Waals surface area contributed by atoms with Gasteiger partial charge in [0.25, 0.3) is 0 Å². The lowest BCUT2D eigenvalue weighted by Crippen LogP contribution is -2.07. The lowest BCUT2D eigenvalue weighted by molar-refractivity contribution is 0.0394. The Bertz CT molecular complexity index is 145. The number of ether oxygens (including phenoxy) is 3. The maximum Gasteiger partial charge on any atom is 0.0700 e. The summed E-state index contributed by atoms with van der Waals surface area (Å²) in [6, 6.07) is 2.07. The second-order valence-electron chi connectivity index (χ2n) is 2.83. The van der Waals surface area contributed by atoms with Gasteiger partial charge in [-0.25, -0.2) is 0 Å². The zero-order valence-electron chi connectivity index (χ0n) is 8.83. The molecule has 0 bridgehead atoms. The topological polar surface area (TPSA) is 51.5 Å². The largest absolute Gasteiger partial charge is 0.385 e. The third-order valence-corrected chi connectivity index (χ3v) is 1.59. The summed E-state index contributed by atoms with van der Waals surface area (Å²) in [7, 11) is 1.68. The first-order valence-corrected chi connectivity index (χ1v) is 4.93. The number of hydrogen-bond donors (Lipinski definition) is 0.